The van der Waals surface area contributed by atoms with Crippen LogP contribution < -0.4 is 5.32 Å². The second-order valence-electron chi connectivity index (χ2n) is 3.31. The van der Waals surface area contributed by atoms with Gasteiger partial charge in [-0.1, -0.05) is 0 Å². The van der Waals surface area contributed by atoms with E-state index in [1.807, 2.05) is 0 Å². The normalized spacial score (nSPS) is 19.7. The summed E-state index contributed by atoms with van der Waals surface area (Å²) in [5.74, 6) is -1.59. The Balaban J connectivity index is 2.13. The molecule has 1 fully saturated rings. The summed E-state index contributed by atoms with van der Waals surface area (Å²) in [7, 11) is 0. The number of rotatable bonds is 5. The van der Waals surface area contributed by atoms with Gasteiger partial charge in [0.05, 0.1) is 0 Å². The molecule has 0 saturated carbocycles. The molecule has 0 spiro atoms. The highest BCUT2D eigenvalue weighted by atomic mass is 16.6. The number of hydrogen-bond acceptors (Lipinski definition) is 4. The van der Waals surface area contributed by atoms with Gasteiger partial charge in [-0.3, -0.25) is 14.4 Å². The van der Waals surface area contributed by atoms with Gasteiger partial charge < -0.3 is 15.2 Å². The number of aliphatic carboxylic acids is 1. The quantitative estimate of drug-likeness (QED) is 0.484. The average molecular weight is 215 g/mol. The number of esters is 1. The Morgan fingerprint density at radius 2 is 2.27 bits per heavy atom. The van der Waals surface area contributed by atoms with Crippen LogP contribution in [0, 0.1) is 0 Å². The highest BCUT2D eigenvalue weighted by molar-refractivity contribution is 5.86. The molecule has 1 heterocycles. The van der Waals surface area contributed by atoms with Gasteiger partial charge in [-0.25, -0.2) is 0 Å². The zero-order valence-corrected chi connectivity index (χ0v) is 8.19. The summed E-state index contributed by atoms with van der Waals surface area (Å²) < 4.78 is 4.73. The number of hydrogen-bond donors (Lipinski definition) is 2. The van der Waals surface area contributed by atoms with Crippen LogP contribution in [-0.4, -0.2) is 35.6 Å². The van der Waals surface area contributed by atoms with Crippen LogP contribution in [0.3, 0.4) is 0 Å². The monoisotopic (exact) mass is 215 g/mol. The summed E-state index contributed by atoms with van der Waals surface area (Å²) in [6, 6.07) is 0. The number of carboxylic acid groups (broad SMARTS) is 1. The minimum absolute atomic E-state index is 0.0186. The molecular weight excluding hydrogens is 202 g/mol. The molecule has 1 aliphatic rings. The Bertz CT molecular complexity index is 276. The summed E-state index contributed by atoms with van der Waals surface area (Å²) >= 11 is 0. The van der Waals surface area contributed by atoms with Gasteiger partial charge in [0, 0.05) is 25.8 Å². The highest BCUT2D eigenvalue weighted by Gasteiger charge is 2.29. The third-order valence-corrected chi connectivity index (χ3v) is 2.04. The molecule has 1 unspecified atom stereocenters. The van der Waals surface area contributed by atoms with Crippen LogP contribution in [-0.2, 0) is 19.1 Å². The van der Waals surface area contributed by atoms with Gasteiger partial charge in [-0.15, -0.1) is 0 Å². The topological polar surface area (TPSA) is 92.7 Å². The second kappa shape index (κ2) is 5.33. The molecule has 1 amide bonds. The highest BCUT2D eigenvalue weighted by Crippen LogP contribution is 2.13. The van der Waals surface area contributed by atoms with Crippen LogP contribution in [0.4, 0.5) is 0 Å². The predicted molar refractivity (Wildman–Crippen MR) is 49.0 cm³/mol. The van der Waals surface area contributed by atoms with E-state index in [0.717, 1.165) is 0 Å². The molecule has 15 heavy (non-hydrogen) atoms. The van der Waals surface area contributed by atoms with E-state index in [2.05, 4.69) is 5.32 Å². The van der Waals surface area contributed by atoms with Crippen LogP contribution in [0.25, 0.3) is 0 Å². The van der Waals surface area contributed by atoms with Crippen molar-refractivity contribution < 1.29 is 24.2 Å². The molecule has 6 nitrogen and oxygen atoms in total. The van der Waals surface area contributed by atoms with Gasteiger partial charge >= 0.3 is 11.9 Å². The molecule has 6 heteroatoms. The van der Waals surface area contributed by atoms with Gasteiger partial charge in [-0.2, -0.15) is 0 Å². The molecule has 0 bridgehead atoms. The predicted octanol–water partition coefficient (Wildman–Crippen LogP) is -0.327. The molecule has 2 N–H and O–H groups in total. The fourth-order valence-electron chi connectivity index (χ4n) is 1.28. The van der Waals surface area contributed by atoms with Crippen LogP contribution in [0.1, 0.15) is 25.7 Å². The number of nitrogens with one attached hydrogen (secondary N) is 1. The van der Waals surface area contributed by atoms with E-state index in [9.17, 15) is 14.4 Å². The smallest absolute Gasteiger partial charge is 0.306 e. The molecule has 84 valence electrons. The lowest BCUT2D eigenvalue weighted by molar-refractivity contribution is -0.148. The fourth-order valence-corrected chi connectivity index (χ4v) is 1.28. The Morgan fingerprint density at radius 3 is 2.80 bits per heavy atom. The van der Waals surface area contributed by atoms with Crippen molar-refractivity contribution in [3.63, 3.8) is 0 Å². The Kier molecular flexibility index (Phi) is 4.08. The van der Waals surface area contributed by atoms with Gasteiger partial charge in [0.1, 0.15) is 0 Å². The number of carbonyl (C=O) groups excluding carboxylic acids is 2. The molecular formula is C9H13NO5. The van der Waals surface area contributed by atoms with Crippen molar-refractivity contribution in [1.82, 2.24) is 5.32 Å². The van der Waals surface area contributed by atoms with E-state index in [1.165, 1.54) is 0 Å². The number of carboxylic acids is 1. The Labute approximate surface area is 86.6 Å². The molecule has 1 atom stereocenters. The summed E-state index contributed by atoms with van der Waals surface area (Å²) in [6.07, 6.45) is 0.380. The maximum atomic E-state index is 11.3. The number of cyclic esters (lactones) is 1. The summed E-state index contributed by atoms with van der Waals surface area (Å²) in [6.45, 7) is 0.291. The summed E-state index contributed by atoms with van der Waals surface area (Å²) in [5.41, 5.74) is 0. The minimum atomic E-state index is -0.892. The van der Waals surface area contributed by atoms with Crippen molar-refractivity contribution in [3.8, 4) is 0 Å². The van der Waals surface area contributed by atoms with Crippen molar-refractivity contribution in [3.05, 3.63) is 0 Å². The number of ether oxygens (including phenoxy) is 1. The fraction of sp³-hybridized carbons (Fsp3) is 0.667. The van der Waals surface area contributed by atoms with Crippen LogP contribution in [0.15, 0.2) is 0 Å². The maximum Gasteiger partial charge on any atom is 0.306 e. The molecule has 0 aliphatic carbocycles. The van der Waals surface area contributed by atoms with E-state index in [1.54, 1.807) is 0 Å². The first-order chi connectivity index (χ1) is 7.09. The van der Waals surface area contributed by atoms with E-state index >= 15 is 0 Å². The van der Waals surface area contributed by atoms with Crippen molar-refractivity contribution in [2.75, 3.05) is 6.54 Å². The first-order valence-electron chi connectivity index (χ1n) is 4.78. The van der Waals surface area contributed by atoms with Gasteiger partial charge in [0.2, 0.25) is 0 Å². The van der Waals surface area contributed by atoms with E-state index in [4.69, 9.17) is 9.84 Å². The van der Waals surface area contributed by atoms with Gasteiger partial charge in [0.15, 0.2) is 6.10 Å². The maximum absolute atomic E-state index is 11.3. The molecule has 0 aromatic carbocycles. The number of carbonyl (C=O) groups is 3. The Hall–Kier alpha value is -1.59. The zero-order chi connectivity index (χ0) is 11.3. The van der Waals surface area contributed by atoms with Crippen LogP contribution in [0.5, 0.6) is 0 Å². The number of amides is 1. The van der Waals surface area contributed by atoms with Crippen molar-refractivity contribution >= 4 is 17.8 Å². The lowest BCUT2D eigenvalue weighted by atomic mass is 10.2. The van der Waals surface area contributed by atoms with Crippen molar-refractivity contribution in [2.24, 2.45) is 0 Å². The molecule has 0 aromatic heterocycles. The SMILES string of the molecule is O=C(O)CCCNC(=O)C1CCC(=O)O1. The summed E-state index contributed by atoms with van der Waals surface area (Å²) in [5, 5.41) is 10.9. The third kappa shape index (κ3) is 3.97. The lowest BCUT2D eigenvalue weighted by Gasteiger charge is -2.09. The molecule has 0 aromatic rings. The summed E-state index contributed by atoms with van der Waals surface area (Å²) in [4.78, 5) is 32.2. The Morgan fingerprint density at radius 1 is 1.53 bits per heavy atom. The standard InChI is InChI=1S/C9H13NO5/c11-7(12)2-1-5-10-9(14)6-3-4-8(13)15-6/h6H,1-5H2,(H,10,14)(H,11,12). The van der Waals surface area contributed by atoms with Gasteiger partial charge in [0.25, 0.3) is 5.91 Å². The lowest BCUT2D eigenvalue weighted by Crippen LogP contribution is -2.35. The molecule has 1 saturated heterocycles. The van der Waals surface area contributed by atoms with Gasteiger partial charge in [-0.05, 0) is 6.42 Å². The van der Waals surface area contributed by atoms with Crippen molar-refractivity contribution in [2.45, 2.75) is 31.8 Å². The molecule has 0 radical (unpaired) electrons. The minimum Gasteiger partial charge on any atom is -0.481 e. The van der Waals surface area contributed by atoms with Crippen LogP contribution in [0.2, 0.25) is 0 Å². The third-order valence-electron chi connectivity index (χ3n) is 2.04. The average Bonchev–Trinajstić information content (AvgIpc) is 2.59. The first-order valence-corrected chi connectivity index (χ1v) is 4.78. The van der Waals surface area contributed by atoms with Crippen LogP contribution >= 0.6 is 0 Å². The van der Waals surface area contributed by atoms with Crippen molar-refractivity contribution in [1.29, 1.82) is 0 Å². The zero-order valence-electron chi connectivity index (χ0n) is 8.19. The first kappa shape index (κ1) is 11.5. The van der Waals surface area contributed by atoms with E-state index in [-0.39, 0.29) is 24.7 Å². The second-order valence-corrected chi connectivity index (χ2v) is 3.31. The van der Waals surface area contributed by atoms with E-state index < -0.39 is 12.1 Å². The largest absolute Gasteiger partial charge is 0.481 e. The van der Waals surface area contributed by atoms with E-state index in [0.29, 0.717) is 19.4 Å². The molecule has 1 aliphatic heterocycles. The molecule has 1 rings (SSSR count).